The highest BCUT2D eigenvalue weighted by Crippen LogP contribution is 2.38. The van der Waals surface area contributed by atoms with Gasteiger partial charge in [-0.25, -0.2) is 0 Å². The van der Waals surface area contributed by atoms with Crippen molar-refractivity contribution in [2.75, 3.05) is 0 Å². The summed E-state index contributed by atoms with van der Waals surface area (Å²) in [6.07, 6.45) is 22.4. The van der Waals surface area contributed by atoms with E-state index in [1.165, 1.54) is 94.8 Å². The van der Waals surface area contributed by atoms with Crippen LogP contribution in [0.4, 0.5) is 4.39 Å². The summed E-state index contributed by atoms with van der Waals surface area (Å²) in [4.78, 5) is 0. The number of halogens is 1. The van der Waals surface area contributed by atoms with Gasteiger partial charge in [0.2, 0.25) is 0 Å². The van der Waals surface area contributed by atoms with Gasteiger partial charge in [-0.15, -0.1) is 0 Å². The van der Waals surface area contributed by atoms with Crippen molar-refractivity contribution in [1.29, 1.82) is 5.26 Å². The Morgan fingerprint density at radius 2 is 1.52 bits per heavy atom. The zero-order chi connectivity index (χ0) is 21.9. The van der Waals surface area contributed by atoms with Gasteiger partial charge in [0, 0.05) is 0 Å². The van der Waals surface area contributed by atoms with Crippen molar-refractivity contribution in [3.05, 3.63) is 59.4 Å². The van der Waals surface area contributed by atoms with Crippen LogP contribution < -0.4 is 0 Å². The highest BCUT2D eigenvalue weighted by molar-refractivity contribution is 5.25. The van der Waals surface area contributed by atoms with Crippen molar-refractivity contribution in [2.45, 2.75) is 96.3 Å². The van der Waals surface area contributed by atoms with Crippen molar-refractivity contribution in [2.24, 2.45) is 17.8 Å². The van der Waals surface area contributed by atoms with E-state index in [0.717, 1.165) is 24.2 Å². The number of hydrogen-bond donors (Lipinski definition) is 0. The van der Waals surface area contributed by atoms with Gasteiger partial charge in [-0.3, -0.25) is 0 Å². The van der Waals surface area contributed by atoms with Crippen LogP contribution in [0.15, 0.2) is 48.3 Å². The molecular formula is C29H40FN. The Bertz CT molecular complexity index is 738. The predicted octanol–water partition coefficient (Wildman–Crippen LogP) is 8.82. The molecule has 31 heavy (non-hydrogen) atoms. The average Bonchev–Trinajstić information content (AvgIpc) is 2.83. The van der Waals surface area contributed by atoms with Crippen LogP contribution in [0, 0.1) is 29.1 Å². The molecule has 2 aliphatic carbocycles. The molecule has 2 fully saturated rings. The quantitative estimate of drug-likeness (QED) is 0.222. The first kappa shape index (κ1) is 23.8. The topological polar surface area (TPSA) is 23.8 Å². The third-order valence-corrected chi connectivity index (χ3v) is 7.80. The Hall–Kier alpha value is -1.88. The number of nitriles is 1. The lowest BCUT2D eigenvalue weighted by Crippen LogP contribution is -2.14. The maximum Gasteiger partial charge on any atom is 0.199 e. The standard InChI is InChI=1S/C29H40FN/c1-2-23-14-18-27(19-15-23)28-20-16-25(17-21-28)7-4-3-6-24-10-12-26(13-11-24)8-5-9-29(30)22-31/h5,8-9,14-15,18-19,24-26,28H,2-4,6-7,10-13,16-17,20-21H2,1H3/b8-5+,29-9-/t24-,25-,26-,28-. The normalized spacial score (nSPS) is 27.3. The molecule has 0 atom stereocenters. The molecular weight excluding hydrogens is 381 g/mol. The second-order valence-electron chi connectivity index (χ2n) is 9.89. The third-order valence-electron chi connectivity index (χ3n) is 7.80. The summed E-state index contributed by atoms with van der Waals surface area (Å²) >= 11 is 0. The molecule has 2 saturated carbocycles. The molecule has 0 aliphatic heterocycles. The summed E-state index contributed by atoms with van der Waals surface area (Å²) in [5, 5.41) is 8.44. The van der Waals surface area contributed by atoms with Gasteiger partial charge in [0.05, 0.1) is 0 Å². The highest BCUT2D eigenvalue weighted by atomic mass is 19.1. The largest absolute Gasteiger partial charge is 0.199 e. The van der Waals surface area contributed by atoms with E-state index < -0.39 is 5.83 Å². The van der Waals surface area contributed by atoms with Gasteiger partial charge in [0.25, 0.3) is 0 Å². The minimum atomic E-state index is -0.705. The Morgan fingerprint density at radius 1 is 0.935 bits per heavy atom. The zero-order valence-corrected chi connectivity index (χ0v) is 19.4. The van der Waals surface area contributed by atoms with E-state index in [4.69, 9.17) is 5.26 Å². The van der Waals surface area contributed by atoms with Gasteiger partial charge in [0.1, 0.15) is 6.07 Å². The van der Waals surface area contributed by atoms with Gasteiger partial charge in [-0.05, 0) is 98.7 Å². The van der Waals surface area contributed by atoms with Crippen LogP contribution in [0.3, 0.4) is 0 Å². The molecule has 1 aromatic rings. The Balaban J connectivity index is 1.25. The first-order valence-electron chi connectivity index (χ1n) is 12.7. The summed E-state index contributed by atoms with van der Waals surface area (Å²) < 4.78 is 12.8. The van der Waals surface area contributed by atoms with E-state index in [0.29, 0.717) is 5.92 Å². The number of nitrogens with zero attached hydrogens (tertiary/aromatic N) is 1. The molecule has 3 rings (SSSR count). The van der Waals surface area contributed by atoms with E-state index in [1.807, 2.05) is 0 Å². The van der Waals surface area contributed by atoms with Crippen LogP contribution in [0.1, 0.15) is 101 Å². The molecule has 0 N–H and O–H groups in total. The number of unbranched alkanes of at least 4 members (excludes halogenated alkanes) is 1. The Morgan fingerprint density at radius 3 is 2.06 bits per heavy atom. The molecule has 2 heteroatoms. The van der Waals surface area contributed by atoms with Gasteiger partial charge in [0.15, 0.2) is 5.83 Å². The fraction of sp³-hybridized carbons (Fsp3) is 0.621. The fourth-order valence-corrected chi connectivity index (χ4v) is 5.68. The number of aryl methyl sites for hydroxylation is 1. The van der Waals surface area contributed by atoms with Crippen LogP contribution >= 0.6 is 0 Å². The molecule has 1 aromatic carbocycles. The molecule has 0 bridgehead atoms. The number of hydrogen-bond acceptors (Lipinski definition) is 1. The first-order valence-corrected chi connectivity index (χ1v) is 12.7. The van der Waals surface area contributed by atoms with Gasteiger partial charge < -0.3 is 0 Å². The molecule has 1 nitrogen and oxygen atoms in total. The first-order chi connectivity index (χ1) is 15.2. The average molecular weight is 422 g/mol. The van der Waals surface area contributed by atoms with E-state index in [2.05, 4.69) is 37.3 Å². The van der Waals surface area contributed by atoms with E-state index in [9.17, 15) is 4.39 Å². The van der Waals surface area contributed by atoms with E-state index in [1.54, 1.807) is 11.6 Å². The number of rotatable bonds is 9. The predicted molar refractivity (Wildman–Crippen MR) is 128 cm³/mol. The van der Waals surface area contributed by atoms with E-state index >= 15 is 0 Å². The lowest BCUT2D eigenvalue weighted by Gasteiger charge is -2.29. The SMILES string of the molecule is CCc1ccc([C@H]2CC[C@H](CCCC[C@H]3CC[C@H](/C=C/C=C(\F)C#N)CC3)CC2)cc1. The zero-order valence-electron chi connectivity index (χ0n) is 19.4. The van der Waals surface area contributed by atoms with Crippen LogP contribution in [-0.4, -0.2) is 0 Å². The van der Waals surface area contributed by atoms with Crippen LogP contribution in [0.2, 0.25) is 0 Å². The smallest absolute Gasteiger partial charge is 0.195 e. The molecule has 0 heterocycles. The summed E-state index contributed by atoms with van der Waals surface area (Å²) in [6, 6.07) is 10.9. The Kier molecular flexibility index (Phi) is 9.85. The molecule has 2 aliphatic rings. The van der Waals surface area contributed by atoms with Crippen molar-refractivity contribution in [3.63, 3.8) is 0 Å². The van der Waals surface area contributed by atoms with Crippen molar-refractivity contribution < 1.29 is 4.39 Å². The summed E-state index contributed by atoms with van der Waals surface area (Å²) in [5.74, 6) is 2.49. The van der Waals surface area contributed by atoms with Gasteiger partial charge in [-0.1, -0.05) is 69.0 Å². The molecule has 0 unspecified atom stereocenters. The molecule has 168 valence electrons. The monoisotopic (exact) mass is 421 g/mol. The lowest BCUT2D eigenvalue weighted by molar-refractivity contribution is 0.273. The number of allylic oxidation sites excluding steroid dienone is 4. The lowest BCUT2D eigenvalue weighted by atomic mass is 9.76. The van der Waals surface area contributed by atoms with Crippen molar-refractivity contribution >= 4 is 0 Å². The van der Waals surface area contributed by atoms with Gasteiger partial charge in [-0.2, -0.15) is 9.65 Å². The maximum atomic E-state index is 12.8. The van der Waals surface area contributed by atoms with Crippen molar-refractivity contribution in [3.8, 4) is 6.07 Å². The second kappa shape index (κ2) is 12.8. The van der Waals surface area contributed by atoms with E-state index in [-0.39, 0.29) is 0 Å². The van der Waals surface area contributed by atoms with Crippen LogP contribution in [-0.2, 0) is 6.42 Å². The summed E-state index contributed by atoms with van der Waals surface area (Å²) in [6.45, 7) is 2.23. The molecule has 0 amide bonds. The maximum absolute atomic E-state index is 12.8. The molecule has 0 spiro atoms. The number of benzene rings is 1. The van der Waals surface area contributed by atoms with Gasteiger partial charge >= 0.3 is 0 Å². The van der Waals surface area contributed by atoms with Crippen molar-refractivity contribution in [1.82, 2.24) is 0 Å². The van der Waals surface area contributed by atoms with Crippen LogP contribution in [0.25, 0.3) is 0 Å². The highest BCUT2D eigenvalue weighted by Gasteiger charge is 2.23. The third kappa shape index (κ3) is 7.95. The minimum absolute atomic E-state index is 0.562. The van der Waals surface area contributed by atoms with Crippen LogP contribution in [0.5, 0.6) is 0 Å². The molecule has 0 aromatic heterocycles. The minimum Gasteiger partial charge on any atom is -0.195 e. The summed E-state index contributed by atoms with van der Waals surface area (Å²) in [7, 11) is 0. The molecule has 0 saturated heterocycles. The fourth-order valence-electron chi connectivity index (χ4n) is 5.68. The summed E-state index contributed by atoms with van der Waals surface area (Å²) in [5.41, 5.74) is 3.01. The Labute approximate surface area is 189 Å². The second-order valence-corrected chi connectivity index (χ2v) is 9.89. The molecule has 0 radical (unpaired) electrons.